The van der Waals surface area contributed by atoms with Crippen LogP contribution in [0.15, 0.2) is 5.11 Å². The molecule has 14 heavy (non-hydrogen) atoms. The predicted octanol–water partition coefficient (Wildman–Crippen LogP) is -0.159. The Morgan fingerprint density at radius 2 is 2.50 bits per heavy atom. The Morgan fingerprint density at radius 3 is 2.93 bits per heavy atom. The molecular formula is C6H12BN3O3S. The van der Waals surface area contributed by atoms with Gasteiger partial charge in [-0.05, 0) is 18.4 Å². The first kappa shape index (κ1) is 11.7. The van der Waals surface area contributed by atoms with E-state index in [2.05, 4.69) is 22.9 Å². The molecule has 6 nitrogen and oxygen atoms in total. The Bertz CT molecular complexity index is 263. The molecule has 4 atom stereocenters. The van der Waals surface area contributed by atoms with Gasteiger partial charge in [-0.3, -0.25) is 0 Å². The van der Waals surface area contributed by atoms with Crippen molar-refractivity contribution in [1.82, 2.24) is 0 Å². The molecule has 1 heterocycles. The number of hydrogen-bond acceptors (Lipinski definition) is 5. The molecule has 78 valence electrons. The maximum Gasteiger partial charge on any atom is 0.196 e. The lowest BCUT2D eigenvalue weighted by molar-refractivity contribution is -0.0814. The van der Waals surface area contributed by atoms with Crippen LogP contribution in [0.5, 0.6) is 0 Å². The zero-order valence-electron chi connectivity index (χ0n) is 7.99. The smallest absolute Gasteiger partial charge is 0.196 e. The van der Waals surface area contributed by atoms with Gasteiger partial charge in [-0.2, -0.15) is 0 Å². The van der Waals surface area contributed by atoms with Gasteiger partial charge in [0.15, 0.2) is 5.72 Å². The minimum Gasteiger partial charge on any atom is -0.393 e. The van der Waals surface area contributed by atoms with Crippen LogP contribution < -0.4 is 0 Å². The van der Waals surface area contributed by atoms with E-state index in [0.29, 0.717) is 0 Å². The molecule has 1 aliphatic heterocycles. The molecule has 0 aromatic carbocycles. The largest absolute Gasteiger partial charge is 0.393 e. The predicted molar refractivity (Wildman–Crippen MR) is 55.4 cm³/mol. The summed E-state index contributed by atoms with van der Waals surface area (Å²) in [4.78, 5) is 2.65. The number of rotatable bonds is 3. The lowest BCUT2D eigenvalue weighted by Crippen LogP contribution is -2.42. The first-order chi connectivity index (χ1) is 6.61. The highest BCUT2D eigenvalue weighted by Gasteiger charge is 2.52. The van der Waals surface area contributed by atoms with E-state index in [9.17, 15) is 5.11 Å². The Balaban J connectivity index is 3.00. The normalized spacial score (nSPS) is 42.1. The fourth-order valence-electron chi connectivity index (χ4n) is 1.65. The Labute approximate surface area is 88.2 Å². The molecule has 0 bridgehead atoms. The lowest BCUT2D eigenvalue weighted by atomic mass is 9.85. The first-order valence-corrected chi connectivity index (χ1v) is 4.63. The van der Waals surface area contributed by atoms with Crippen molar-refractivity contribution in [3.8, 4) is 0 Å². The van der Waals surface area contributed by atoms with Gasteiger partial charge < -0.3 is 14.0 Å². The van der Waals surface area contributed by atoms with Crippen LogP contribution in [0.1, 0.15) is 6.92 Å². The molecule has 1 saturated heterocycles. The van der Waals surface area contributed by atoms with Gasteiger partial charge in [-0.15, -0.1) is 0 Å². The summed E-state index contributed by atoms with van der Waals surface area (Å²) in [6.45, 7) is 1.47. The van der Waals surface area contributed by atoms with Gasteiger partial charge in [-0.25, -0.2) is 0 Å². The highest BCUT2D eigenvalue weighted by atomic mass is 32.1. The van der Waals surface area contributed by atoms with Crippen LogP contribution >= 0.6 is 12.9 Å². The summed E-state index contributed by atoms with van der Waals surface area (Å²) in [6.07, 6.45) is -0.540. The van der Waals surface area contributed by atoms with Crippen molar-refractivity contribution in [2.24, 2.45) is 11.0 Å². The molecule has 1 rings (SSSR count). The quantitative estimate of drug-likeness (QED) is 0.172. The number of hydrogen-bond donors (Lipinski definition) is 2. The van der Waals surface area contributed by atoms with Crippen LogP contribution in [0.4, 0.5) is 0 Å². The topological polar surface area (TPSA) is 87.5 Å². The van der Waals surface area contributed by atoms with Crippen LogP contribution in [0, 0.1) is 5.92 Å². The van der Waals surface area contributed by atoms with E-state index in [1.807, 2.05) is 14.8 Å². The average molecular weight is 217 g/mol. The summed E-state index contributed by atoms with van der Waals surface area (Å²) in [5.74, 6) is 0.00477. The molecule has 0 aliphatic carbocycles. The molecule has 1 fully saturated rings. The van der Waals surface area contributed by atoms with Crippen molar-refractivity contribution < 1.29 is 14.0 Å². The van der Waals surface area contributed by atoms with E-state index < -0.39 is 18.4 Å². The zero-order chi connectivity index (χ0) is 10.8. The maximum absolute atomic E-state index is 9.18. The second-order valence-electron chi connectivity index (χ2n) is 3.40. The fourth-order valence-corrected chi connectivity index (χ4v) is 2.00. The fraction of sp³-hybridized carbons (Fsp3) is 1.00. The van der Waals surface area contributed by atoms with Gasteiger partial charge in [0.1, 0.15) is 14.0 Å². The summed E-state index contributed by atoms with van der Waals surface area (Å²) in [5, 5.41) is 12.6. The Morgan fingerprint density at radius 1 is 1.86 bits per heavy atom. The van der Waals surface area contributed by atoms with Gasteiger partial charge in [0.05, 0.1) is 6.61 Å². The third-order valence-corrected chi connectivity index (χ3v) is 2.83. The average Bonchev–Trinajstić information content (AvgIpc) is 2.40. The van der Waals surface area contributed by atoms with E-state index in [0.717, 1.165) is 0 Å². The zero-order valence-corrected chi connectivity index (χ0v) is 8.89. The molecular weight excluding hydrogens is 205 g/mol. The van der Waals surface area contributed by atoms with E-state index in [1.165, 1.54) is 0 Å². The Kier molecular flexibility index (Phi) is 3.68. The molecule has 1 N–H and O–H groups in total. The monoisotopic (exact) mass is 217 g/mol. The summed E-state index contributed by atoms with van der Waals surface area (Å²) < 4.78 is 10.3. The second-order valence-corrected chi connectivity index (χ2v) is 3.61. The molecule has 0 saturated carbocycles. The number of aliphatic hydroxyl groups excluding tert-OH is 1. The summed E-state index contributed by atoms with van der Waals surface area (Å²) in [7, 11) is 1.83. The SMILES string of the molecule is BC1OC(CO)(N=[N+]=[N-])C(OS)C1C. The standard InChI is InChI=1S/C6H12BN3O3S/c1-3-4(13-14)6(2-11,9-10-8)12-5(3)7/h3-5,11,14H,2,7H2,1H3. The number of azide groups is 1. The van der Waals surface area contributed by atoms with E-state index >= 15 is 0 Å². The van der Waals surface area contributed by atoms with E-state index in [-0.39, 0.29) is 11.9 Å². The number of nitrogens with zero attached hydrogens (tertiary/aromatic N) is 3. The van der Waals surface area contributed by atoms with Crippen LogP contribution in [0.25, 0.3) is 10.4 Å². The highest BCUT2D eigenvalue weighted by Crippen LogP contribution is 2.37. The molecule has 0 aromatic rings. The van der Waals surface area contributed by atoms with Crippen LogP contribution in [0.3, 0.4) is 0 Å². The Hall–Kier alpha value is -0.395. The van der Waals surface area contributed by atoms with Crippen LogP contribution in [-0.2, 0) is 8.92 Å². The van der Waals surface area contributed by atoms with Crippen molar-refractivity contribution in [3.63, 3.8) is 0 Å². The van der Waals surface area contributed by atoms with Gasteiger partial charge in [0.2, 0.25) is 0 Å². The van der Waals surface area contributed by atoms with Crippen molar-refractivity contribution in [3.05, 3.63) is 10.4 Å². The van der Waals surface area contributed by atoms with E-state index in [4.69, 9.17) is 14.5 Å². The first-order valence-electron chi connectivity index (χ1n) is 4.26. The number of aliphatic hydroxyl groups is 1. The van der Waals surface area contributed by atoms with Crippen molar-refractivity contribution >= 4 is 20.8 Å². The summed E-state index contributed by atoms with van der Waals surface area (Å²) in [6, 6.07) is -0.148. The molecule has 0 spiro atoms. The lowest BCUT2D eigenvalue weighted by Gasteiger charge is -2.26. The minimum atomic E-state index is -1.34. The van der Waals surface area contributed by atoms with Gasteiger partial charge in [0, 0.05) is 16.8 Å². The van der Waals surface area contributed by atoms with E-state index in [1.54, 1.807) is 0 Å². The van der Waals surface area contributed by atoms with Crippen molar-refractivity contribution in [2.45, 2.75) is 24.8 Å². The molecule has 1 aliphatic rings. The van der Waals surface area contributed by atoms with Gasteiger partial charge in [0.25, 0.3) is 0 Å². The van der Waals surface area contributed by atoms with Crippen molar-refractivity contribution in [2.75, 3.05) is 6.61 Å². The summed E-state index contributed by atoms with van der Waals surface area (Å²) >= 11 is 3.70. The van der Waals surface area contributed by atoms with Crippen LogP contribution in [0.2, 0.25) is 0 Å². The van der Waals surface area contributed by atoms with Gasteiger partial charge in [-0.1, -0.05) is 12.0 Å². The molecule has 8 heteroatoms. The van der Waals surface area contributed by atoms with Crippen LogP contribution in [-0.4, -0.2) is 37.4 Å². The molecule has 0 radical (unpaired) electrons. The molecule has 4 unspecified atom stereocenters. The molecule has 0 amide bonds. The minimum absolute atomic E-state index is 0.00477. The van der Waals surface area contributed by atoms with Gasteiger partial charge >= 0.3 is 0 Å². The summed E-state index contributed by atoms with van der Waals surface area (Å²) in [5.41, 5.74) is 7.06. The molecule has 0 aromatic heterocycles. The maximum atomic E-state index is 9.18. The van der Waals surface area contributed by atoms with Crippen molar-refractivity contribution in [1.29, 1.82) is 0 Å². The third kappa shape index (κ3) is 1.71. The number of thiol groups is 1. The second kappa shape index (κ2) is 4.42. The third-order valence-electron chi connectivity index (χ3n) is 2.61. The number of ether oxygens (including phenoxy) is 1. The highest BCUT2D eigenvalue weighted by molar-refractivity contribution is 7.75.